The zero-order chi connectivity index (χ0) is 11.5. The molecule has 82 valence electrons. The van der Waals surface area contributed by atoms with E-state index >= 15 is 0 Å². The Hall–Kier alpha value is -1.76. The molecule has 0 aliphatic rings. The van der Waals surface area contributed by atoms with E-state index in [0.717, 1.165) is 12.1 Å². The van der Waals surface area contributed by atoms with Crippen molar-refractivity contribution in [2.45, 2.75) is 4.90 Å². The first kappa shape index (κ1) is 11.3. The van der Waals surface area contributed by atoms with E-state index in [9.17, 15) is 18.3 Å². The largest absolute Gasteiger partial charge is 0.504 e. The fraction of sp³-hybridized carbons (Fsp3) is 0.125. The summed E-state index contributed by atoms with van der Waals surface area (Å²) in [6.45, 7) is -0.198. The Bertz CT molecular complexity index is 464. The van der Waals surface area contributed by atoms with Gasteiger partial charge in [-0.05, 0) is 12.1 Å². The first-order chi connectivity index (χ1) is 7.01. The topological polar surface area (TPSA) is 89.9 Å². The number of methoxy groups -OCH3 is 1. The second-order valence-corrected chi connectivity index (χ2v) is 4.05. The Morgan fingerprint density at radius 3 is 2.53 bits per heavy atom. The van der Waals surface area contributed by atoms with Crippen LogP contribution in [0.3, 0.4) is 0 Å². The van der Waals surface area contributed by atoms with Gasteiger partial charge in [0, 0.05) is 6.07 Å². The summed E-state index contributed by atoms with van der Waals surface area (Å²) in [5, 5.41) is 9.29. The van der Waals surface area contributed by atoms with Crippen LogP contribution < -0.4 is 4.74 Å². The highest BCUT2D eigenvalue weighted by atomic mass is 32.2. The van der Waals surface area contributed by atoms with Crippen LogP contribution in [0.15, 0.2) is 23.1 Å². The summed E-state index contributed by atoms with van der Waals surface area (Å²) in [4.78, 5) is 9.59. The molecule has 1 aromatic carbocycles. The van der Waals surface area contributed by atoms with Crippen molar-refractivity contribution in [3.05, 3.63) is 18.2 Å². The number of carbonyl (C=O) groups excluding carboxylic acids is 1. The van der Waals surface area contributed by atoms with Gasteiger partial charge in [-0.25, -0.2) is 0 Å². The third-order valence-corrected chi connectivity index (χ3v) is 2.77. The lowest BCUT2D eigenvalue weighted by Crippen LogP contribution is -2.04. The van der Waals surface area contributed by atoms with Gasteiger partial charge in [0.2, 0.25) is 0 Å². The molecule has 0 atom stereocenters. The van der Waals surface area contributed by atoms with Gasteiger partial charge >= 0.3 is 16.6 Å². The highest BCUT2D eigenvalue weighted by Gasteiger charge is 2.17. The highest BCUT2D eigenvalue weighted by molar-refractivity contribution is 7.87. The second kappa shape index (κ2) is 4.18. The number of phenolic OH excluding ortho intramolecular Hbond substituents is 1. The van der Waals surface area contributed by atoms with Crippen LogP contribution in [0.2, 0.25) is 0 Å². The number of benzene rings is 1. The summed E-state index contributed by atoms with van der Waals surface area (Å²) < 4.78 is 31.0. The molecule has 7 heteroatoms. The molecule has 0 saturated heterocycles. The lowest BCUT2D eigenvalue weighted by molar-refractivity contribution is -0.120. The molecule has 0 fully saturated rings. The molecule has 0 radical (unpaired) electrons. The summed E-state index contributed by atoms with van der Waals surface area (Å²) in [6.07, 6.45) is 0. The van der Waals surface area contributed by atoms with Gasteiger partial charge in [0.25, 0.3) is 0 Å². The van der Waals surface area contributed by atoms with Gasteiger partial charge in [-0.15, -0.1) is 0 Å². The van der Waals surface area contributed by atoms with Gasteiger partial charge in [0.15, 0.2) is 11.5 Å². The predicted octanol–water partition coefficient (Wildman–Crippen LogP) is 0.262. The van der Waals surface area contributed by atoms with E-state index in [1.165, 1.54) is 13.2 Å². The Labute approximate surface area is 86.2 Å². The Balaban J connectivity index is 3.18. The van der Waals surface area contributed by atoms with Crippen LogP contribution in [0.5, 0.6) is 11.5 Å². The molecule has 0 aromatic heterocycles. The Kier molecular flexibility index (Phi) is 3.15. The Morgan fingerprint density at radius 2 is 2.07 bits per heavy atom. The SMILES string of the molecule is COc1ccc(S(=O)(=O)OC=O)cc1O. The molecule has 6 nitrogen and oxygen atoms in total. The molecule has 1 N–H and O–H groups in total. The van der Waals surface area contributed by atoms with Crippen molar-refractivity contribution in [2.75, 3.05) is 7.11 Å². The molecular formula is C8H8O6S. The summed E-state index contributed by atoms with van der Waals surface area (Å²) in [5.41, 5.74) is 0. The van der Waals surface area contributed by atoms with Crippen LogP contribution in [0.1, 0.15) is 0 Å². The molecule has 0 saturated carbocycles. The summed E-state index contributed by atoms with van der Waals surface area (Å²) in [5.74, 6) is -0.229. The van der Waals surface area contributed by atoms with Crippen molar-refractivity contribution in [2.24, 2.45) is 0 Å². The maximum atomic E-state index is 11.2. The van der Waals surface area contributed by atoms with Crippen molar-refractivity contribution in [3.63, 3.8) is 0 Å². The van der Waals surface area contributed by atoms with Gasteiger partial charge < -0.3 is 14.0 Å². The van der Waals surface area contributed by atoms with Crippen molar-refractivity contribution in [3.8, 4) is 11.5 Å². The van der Waals surface area contributed by atoms with Crippen molar-refractivity contribution in [1.82, 2.24) is 0 Å². The molecular weight excluding hydrogens is 224 g/mol. The van der Waals surface area contributed by atoms with Gasteiger partial charge in [0.05, 0.1) is 7.11 Å². The van der Waals surface area contributed by atoms with E-state index < -0.39 is 10.1 Å². The minimum atomic E-state index is -4.14. The van der Waals surface area contributed by atoms with E-state index in [2.05, 4.69) is 4.18 Å². The maximum Gasteiger partial charge on any atom is 0.341 e. The fourth-order valence-electron chi connectivity index (χ4n) is 0.933. The van der Waals surface area contributed by atoms with Crippen LogP contribution >= 0.6 is 0 Å². The van der Waals surface area contributed by atoms with Crippen LogP contribution in [0, 0.1) is 0 Å². The summed E-state index contributed by atoms with van der Waals surface area (Å²) in [7, 11) is -2.82. The van der Waals surface area contributed by atoms with Gasteiger partial charge in [-0.3, -0.25) is 4.79 Å². The normalized spacial score (nSPS) is 10.7. The zero-order valence-electron chi connectivity index (χ0n) is 7.71. The van der Waals surface area contributed by atoms with Gasteiger partial charge in [0.1, 0.15) is 4.90 Å². The number of rotatable bonds is 4. The van der Waals surface area contributed by atoms with Crippen LogP contribution in [0.4, 0.5) is 0 Å². The van der Waals surface area contributed by atoms with Crippen molar-refractivity contribution in [1.29, 1.82) is 0 Å². The fourth-order valence-corrected chi connectivity index (χ4v) is 1.64. The predicted molar refractivity (Wildman–Crippen MR) is 49.0 cm³/mol. The van der Waals surface area contributed by atoms with E-state index in [1.807, 2.05) is 0 Å². The molecule has 0 aliphatic carbocycles. The average molecular weight is 232 g/mol. The third-order valence-electron chi connectivity index (χ3n) is 1.60. The molecule has 0 spiro atoms. The third kappa shape index (κ3) is 2.38. The molecule has 1 aromatic rings. The first-order valence-electron chi connectivity index (χ1n) is 3.75. The lowest BCUT2D eigenvalue weighted by Gasteiger charge is -2.05. The standard InChI is InChI=1S/C8H8O6S/c1-13-8-3-2-6(4-7(8)10)15(11,12)14-5-9/h2-5,10H,1H3. The van der Waals surface area contributed by atoms with Crippen molar-refractivity contribution >= 4 is 16.6 Å². The quantitative estimate of drug-likeness (QED) is 0.591. The molecule has 0 aliphatic heterocycles. The zero-order valence-corrected chi connectivity index (χ0v) is 8.52. The number of phenols is 1. The first-order valence-corrected chi connectivity index (χ1v) is 5.16. The smallest absolute Gasteiger partial charge is 0.341 e. The summed E-state index contributed by atoms with van der Waals surface area (Å²) in [6, 6.07) is 3.32. The van der Waals surface area contributed by atoms with Crippen LogP contribution in [-0.4, -0.2) is 27.1 Å². The molecule has 0 heterocycles. The van der Waals surface area contributed by atoms with E-state index in [0.29, 0.717) is 0 Å². The molecule has 0 unspecified atom stereocenters. The highest BCUT2D eigenvalue weighted by Crippen LogP contribution is 2.28. The molecule has 0 amide bonds. The lowest BCUT2D eigenvalue weighted by atomic mass is 10.3. The van der Waals surface area contributed by atoms with E-state index in [1.54, 1.807) is 0 Å². The Morgan fingerprint density at radius 1 is 1.40 bits per heavy atom. The number of aromatic hydroxyl groups is 1. The van der Waals surface area contributed by atoms with E-state index in [-0.39, 0.29) is 22.9 Å². The molecule has 1 rings (SSSR count). The van der Waals surface area contributed by atoms with Gasteiger partial charge in [-0.2, -0.15) is 8.42 Å². The monoisotopic (exact) mass is 232 g/mol. The minimum absolute atomic E-state index is 0.125. The van der Waals surface area contributed by atoms with E-state index in [4.69, 9.17) is 4.74 Å². The molecule has 15 heavy (non-hydrogen) atoms. The average Bonchev–Trinajstić information content (AvgIpc) is 2.17. The number of hydrogen-bond donors (Lipinski definition) is 1. The maximum absolute atomic E-state index is 11.2. The summed E-state index contributed by atoms with van der Waals surface area (Å²) >= 11 is 0. The van der Waals surface area contributed by atoms with Crippen LogP contribution in [-0.2, 0) is 19.1 Å². The number of ether oxygens (including phenoxy) is 1. The second-order valence-electron chi connectivity index (χ2n) is 2.48. The number of hydrogen-bond acceptors (Lipinski definition) is 6. The number of carbonyl (C=O) groups is 1. The van der Waals surface area contributed by atoms with Crippen LogP contribution in [0.25, 0.3) is 0 Å². The van der Waals surface area contributed by atoms with Crippen molar-refractivity contribution < 1.29 is 27.2 Å². The molecule has 0 bridgehead atoms. The van der Waals surface area contributed by atoms with Gasteiger partial charge in [-0.1, -0.05) is 0 Å². The minimum Gasteiger partial charge on any atom is -0.504 e.